The molecular formula is C28H33N5O. The average molecular weight is 456 g/mol. The van der Waals surface area contributed by atoms with E-state index in [1.807, 2.05) is 66.7 Å². The molecule has 1 amide bonds. The third-order valence-corrected chi connectivity index (χ3v) is 5.97. The van der Waals surface area contributed by atoms with Crippen molar-refractivity contribution in [3.63, 3.8) is 0 Å². The molecule has 1 aliphatic rings. The fourth-order valence-electron chi connectivity index (χ4n) is 3.96. The Morgan fingerprint density at radius 2 is 1.74 bits per heavy atom. The zero-order valence-electron chi connectivity index (χ0n) is 19.8. The van der Waals surface area contributed by atoms with Crippen LogP contribution in [-0.4, -0.2) is 67.0 Å². The quantitative estimate of drug-likeness (QED) is 0.470. The summed E-state index contributed by atoms with van der Waals surface area (Å²) in [4.78, 5) is 21.8. The number of likely N-dealkylation sites (N-methyl/N-ethyl adjacent to an activating group) is 1. The van der Waals surface area contributed by atoms with Crippen molar-refractivity contribution in [2.75, 3.05) is 51.6 Å². The lowest BCUT2D eigenvalue weighted by molar-refractivity contribution is 0.0949. The zero-order chi connectivity index (χ0) is 23.6. The number of nitrogens with one attached hydrogen (secondary N) is 2. The molecular weight excluding hydrogens is 422 g/mol. The predicted octanol–water partition coefficient (Wildman–Crippen LogP) is 4.36. The molecule has 34 heavy (non-hydrogen) atoms. The highest BCUT2D eigenvalue weighted by molar-refractivity contribution is 5.95. The van der Waals surface area contributed by atoms with Gasteiger partial charge in [0.2, 0.25) is 0 Å². The van der Waals surface area contributed by atoms with E-state index >= 15 is 0 Å². The number of hydrogen-bond acceptors (Lipinski definition) is 5. The summed E-state index contributed by atoms with van der Waals surface area (Å²) in [6, 6.07) is 21.6. The molecule has 6 nitrogen and oxygen atoms in total. The monoisotopic (exact) mass is 455 g/mol. The molecule has 2 heterocycles. The molecule has 0 aliphatic carbocycles. The summed E-state index contributed by atoms with van der Waals surface area (Å²) in [7, 11) is 2.16. The largest absolute Gasteiger partial charge is 0.355 e. The summed E-state index contributed by atoms with van der Waals surface area (Å²) in [5.41, 5.74) is 4.51. The van der Waals surface area contributed by atoms with Gasteiger partial charge < -0.3 is 20.4 Å². The molecule has 1 aliphatic heterocycles. The Morgan fingerprint density at radius 3 is 2.53 bits per heavy atom. The van der Waals surface area contributed by atoms with E-state index in [4.69, 9.17) is 0 Å². The Morgan fingerprint density at radius 1 is 0.941 bits per heavy atom. The van der Waals surface area contributed by atoms with Crippen LogP contribution >= 0.6 is 0 Å². The van der Waals surface area contributed by atoms with E-state index in [2.05, 4.69) is 44.6 Å². The second-order valence-electron chi connectivity index (χ2n) is 8.67. The summed E-state index contributed by atoms with van der Waals surface area (Å²) in [6.45, 7) is 6.18. The van der Waals surface area contributed by atoms with Crippen molar-refractivity contribution < 1.29 is 4.79 Å². The molecule has 1 saturated heterocycles. The molecule has 0 radical (unpaired) electrons. The van der Waals surface area contributed by atoms with E-state index in [0.717, 1.165) is 61.8 Å². The minimum atomic E-state index is -0.0333. The summed E-state index contributed by atoms with van der Waals surface area (Å²) < 4.78 is 0. The van der Waals surface area contributed by atoms with Gasteiger partial charge in [-0.05, 0) is 74.1 Å². The van der Waals surface area contributed by atoms with Gasteiger partial charge in [-0.15, -0.1) is 0 Å². The lowest BCUT2D eigenvalue weighted by atomic mass is 10.1. The first kappa shape index (κ1) is 23.7. The van der Waals surface area contributed by atoms with Crippen molar-refractivity contribution in [2.24, 2.45) is 0 Å². The number of aromatic nitrogens is 1. The summed E-state index contributed by atoms with van der Waals surface area (Å²) in [6.07, 6.45) is 6.79. The highest BCUT2D eigenvalue weighted by Crippen LogP contribution is 2.20. The molecule has 0 spiro atoms. The summed E-state index contributed by atoms with van der Waals surface area (Å²) in [5.74, 6) is -0.0333. The fraction of sp³-hybridized carbons (Fsp3) is 0.286. The van der Waals surface area contributed by atoms with Gasteiger partial charge in [0.1, 0.15) is 0 Å². The Balaban J connectivity index is 1.28. The molecule has 176 valence electrons. The van der Waals surface area contributed by atoms with E-state index in [1.54, 1.807) is 6.20 Å². The predicted molar refractivity (Wildman–Crippen MR) is 140 cm³/mol. The SMILES string of the molecule is CN1CCN(CCCNC(=O)c2cccc(Nc3cccc(C=Cc4ccccn4)c3)c2)CC1. The van der Waals surface area contributed by atoms with Gasteiger partial charge in [-0.3, -0.25) is 9.78 Å². The summed E-state index contributed by atoms with van der Waals surface area (Å²) in [5, 5.41) is 6.47. The van der Waals surface area contributed by atoms with Crippen LogP contribution in [0.4, 0.5) is 11.4 Å². The maximum atomic E-state index is 12.6. The van der Waals surface area contributed by atoms with Crippen LogP contribution in [0.25, 0.3) is 12.2 Å². The van der Waals surface area contributed by atoms with Crippen LogP contribution in [0.2, 0.25) is 0 Å². The normalized spacial score (nSPS) is 14.9. The van der Waals surface area contributed by atoms with Gasteiger partial charge in [-0.25, -0.2) is 0 Å². The number of nitrogens with zero attached hydrogens (tertiary/aromatic N) is 3. The Kier molecular flexibility index (Phi) is 8.43. The third-order valence-electron chi connectivity index (χ3n) is 5.97. The van der Waals surface area contributed by atoms with Gasteiger partial charge in [0, 0.05) is 55.9 Å². The van der Waals surface area contributed by atoms with Gasteiger partial charge in [-0.1, -0.05) is 30.3 Å². The summed E-state index contributed by atoms with van der Waals surface area (Å²) >= 11 is 0. The molecule has 0 saturated carbocycles. The van der Waals surface area contributed by atoms with E-state index < -0.39 is 0 Å². The van der Waals surface area contributed by atoms with Gasteiger partial charge >= 0.3 is 0 Å². The molecule has 1 aromatic heterocycles. The second-order valence-corrected chi connectivity index (χ2v) is 8.67. The second kappa shape index (κ2) is 12.1. The lowest BCUT2D eigenvalue weighted by Gasteiger charge is -2.32. The number of piperazine rings is 1. The smallest absolute Gasteiger partial charge is 0.251 e. The number of hydrogen-bond donors (Lipinski definition) is 2. The molecule has 4 rings (SSSR count). The molecule has 0 atom stereocenters. The third kappa shape index (κ3) is 7.27. The number of pyridine rings is 1. The van der Waals surface area contributed by atoms with E-state index in [1.165, 1.54) is 0 Å². The highest BCUT2D eigenvalue weighted by Gasteiger charge is 2.13. The van der Waals surface area contributed by atoms with E-state index in [0.29, 0.717) is 12.1 Å². The van der Waals surface area contributed by atoms with Crippen molar-refractivity contribution in [1.82, 2.24) is 20.1 Å². The number of benzene rings is 2. The van der Waals surface area contributed by atoms with Crippen molar-refractivity contribution in [3.05, 3.63) is 89.7 Å². The van der Waals surface area contributed by atoms with Crippen molar-refractivity contribution >= 4 is 29.4 Å². The van der Waals surface area contributed by atoms with Gasteiger partial charge in [0.05, 0.1) is 5.69 Å². The molecule has 0 bridgehead atoms. The number of amides is 1. The first-order valence-corrected chi connectivity index (χ1v) is 11.9. The van der Waals surface area contributed by atoms with Crippen LogP contribution in [-0.2, 0) is 0 Å². The van der Waals surface area contributed by atoms with Crippen LogP contribution in [0.15, 0.2) is 72.9 Å². The van der Waals surface area contributed by atoms with E-state index in [9.17, 15) is 4.79 Å². The standard InChI is InChI=1S/C28H33N5O/c1-32-17-19-33(20-18-32)16-6-15-30-28(34)24-8-5-11-27(22-24)31-26-10-4-7-23(21-26)12-13-25-9-2-3-14-29-25/h2-5,7-14,21-22,31H,6,15-20H2,1H3,(H,30,34). The Bertz CT molecular complexity index is 1090. The maximum Gasteiger partial charge on any atom is 0.251 e. The van der Waals surface area contributed by atoms with Gasteiger partial charge in [0.15, 0.2) is 0 Å². The van der Waals surface area contributed by atoms with E-state index in [-0.39, 0.29) is 5.91 Å². The van der Waals surface area contributed by atoms with Crippen LogP contribution < -0.4 is 10.6 Å². The number of carbonyl (C=O) groups is 1. The van der Waals surface area contributed by atoms with Crippen LogP contribution in [0.1, 0.15) is 28.0 Å². The first-order valence-electron chi connectivity index (χ1n) is 11.9. The minimum absolute atomic E-state index is 0.0333. The first-order chi connectivity index (χ1) is 16.7. The Hall–Kier alpha value is -3.48. The van der Waals surface area contributed by atoms with Crippen molar-refractivity contribution in [2.45, 2.75) is 6.42 Å². The number of rotatable bonds is 9. The molecule has 2 N–H and O–H groups in total. The molecule has 0 unspecified atom stereocenters. The number of carbonyl (C=O) groups excluding carboxylic acids is 1. The van der Waals surface area contributed by atoms with Gasteiger partial charge in [-0.2, -0.15) is 0 Å². The zero-order valence-corrected chi connectivity index (χ0v) is 19.8. The fourth-order valence-corrected chi connectivity index (χ4v) is 3.96. The van der Waals surface area contributed by atoms with Crippen molar-refractivity contribution in [3.8, 4) is 0 Å². The van der Waals surface area contributed by atoms with Crippen LogP contribution in [0.5, 0.6) is 0 Å². The minimum Gasteiger partial charge on any atom is -0.355 e. The van der Waals surface area contributed by atoms with Crippen LogP contribution in [0.3, 0.4) is 0 Å². The highest BCUT2D eigenvalue weighted by atomic mass is 16.1. The Labute approximate surface area is 202 Å². The maximum absolute atomic E-state index is 12.6. The van der Waals surface area contributed by atoms with Crippen molar-refractivity contribution in [1.29, 1.82) is 0 Å². The van der Waals surface area contributed by atoms with Gasteiger partial charge in [0.25, 0.3) is 5.91 Å². The molecule has 3 aromatic rings. The lowest BCUT2D eigenvalue weighted by Crippen LogP contribution is -2.45. The molecule has 2 aromatic carbocycles. The number of anilines is 2. The van der Waals surface area contributed by atoms with Crippen LogP contribution in [0, 0.1) is 0 Å². The topological polar surface area (TPSA) is 60.5 Å². The molecule has 1 fully saturated rings. The molecule has 6 heteroatoms. The average Bonchev–Trinajstić information content (AvgIpc) is 2.87.